The molecule has 0 aromatic heterocycles. The molecule has 114 valence electrons. The van der Waals surface area contributed by atoms with Crippen molar-refractivity contribution in [3.05, 3.63) is 34.1 Å². The number of hydrogen-bond donors (Lipinski definition) is 0. The molecule has 0 fully saturated rings. The van der Waals surface area contributed by atoms with Gasteiger partial charge in [-0.05, 0) is 24.6 Å². The van der Waals surface area contributed by atoms with Crippen LogP contribution < -0.4 is 0 Å². The van der Waals surface area contributed by atoms with Crippen molar-refractivity contribution in [3.63, 3.8) is 0 Å². The van der Waals surface area contributed by atoms with E-state index in [-0.39, 0.29) is 5.02 Å². The zero-order chi connectivity index (χ0) is 16.4. The van der Waals surface area contributed by atoms with E-state index in [1.165, 1.54) is 6.92 Å². The summed E-state index contributed by atoms with van der Waals surface area (Å²) in [4.78, 5) is 33.5. The van der Waals surface area contributed by atoms with Crippen molar-refractivity contribution in [2.75, 3.05) is 0 Å². The Hall–Kier alpha value is -1.76. The van der Waals surface area contributed by atoms with Gasteiger partial charge in [0.05, 0.1) is 18.4 Å². The Morgan fingerprint density at radius 1 is 1.14 bits per heavy atom. The van der Waals surface area contributed by atoms with Gasteiger partial charge in [-0.1, -0.05) is 11.6 Å². The van der Waals surface area contributed by atoms with E-state index in [0.29, 0.717) is 5.56 Å². The Bertz CT molecular complexity index is 608. The van der Waals surface area contributed by atoms with Crippen LogP contribution >= 0.6 is 11.6 Å². The predicted octanol–water partition coefficient (Wildman–Crippen LogP) is 3.45. The molecular formula is C13H9ClF4O3. The highest BCUT2D eigenvalue weighted by Crippen LogP contribution is 2.22. The number of carbonyl (C=O) groups is 3. The van der Waals surface area contributed by atoms with Gasteiger partial charge >= 0.3 is 6.18 Å². The monoisotopic (exact) mass is 324 g/mol. The van der Waals surface area contributed by atoms with Gasteiger partial charge in [0, 0.05) is 5.02 Å². The smallest absolute Gasteiger partial charge is 0.299 e. The van der Waals surface area contributed by atoms with Gasteiger partial charge in [-0.3, -0.25) is 14.4 Å². The Kier molecular flexibility index (Phi) is 5.22. The van der Waals surface area contributed by atoms with Gasteiger partial charge < -0.3 is 0 Å². The van der Waals surface area contributed by atoms with Crippen LogP contribution in [0.15, 0.2) is 12.1 Å². The highest BCUT2D eigenvalue weighted by atomic mass is 35.5. The van der Waals surface area contributed by atoms with Gasteiger partial charge in [0.25, 0.3) is 0 Å². The van der Waals surface area contributed by atoms with Crippen LogP contribution in [0.25, 0.3) is 0 Å². The summed E-state index contributed by atoms with van der Waals surface area (Å²) >= 11 is 5.63. The minimum Gasteiger partial charge on any atom is -0.299 e. The number of aryl methyl sites for hydroxylation is 1. The normalized spacial score (nSPS) is 11.3. The van der Waals surface area contributed by atoms with Crippen molar-refractivity contribution >= 4 is 29.0 Å². The maximum absolute atomic E-state index is 13.5. The minimum atomic E-state index is -5.14. The molecule has 0 saturated heterocycles. The molecule has 0 atom stereocenters. The van der Waals surface area contributed by atoms with E-state index < -0.39 is 47.7 Å². The topological polar surface area (TPSA) is 51.2 Å². The maximum atomic E-state index is 13.5. The van der Waals surface area contributed by atoms with Crippen LogP contribution in [0, 0.1) is 12.7 Å². The molecule has 1 aromatic rings. The van der Waals surface area contributed by atoms with Crippen LogP contribution in [0.5, 0.6) is 0 Å². The summed E-state index contributed by atoms with van der Waals surface area (Å²) in [5.41, 5.74) is -0.0788. The quantitative estimate of drug-likeness (QED) is 0.473. The van der Waals surface area contributed by atoms with E-state index in [9.17, 15) is 31.9 Å². The molecule has 0 N–H and O–H groups in total. The van der Waals surface area contributed by atoms with Crippen molar-refractivity contribution in [2.45, 2.75) is 25.9 Å². The molecule has 8 heteroatoms. The number of rotatable bonds is 5. The Labute approximate surface area is 121 Å². The molecular weight excluding hydrogens is 316 g/mol. The standard InChI is InChI=1S/C13H9ClF4O3/c1-6-2-8(10(15)5-9(6)14)11(20)3-7(19)4-12(21)13(16,17)18/h2,5H,3-4H2,1H3. The lowest BCUT2D eigenvalue weighted by Crippen LogP contribution is -2.26. The molecule has 1 rings (SSSR count). The fraction of sp³-hybridized carbons (Fsp3) is 0.308. The first-order valence-corrected chi connectivity index (χ1v) is 6.00. The van der Waals surface area contributed by atoms with Gasteiger partial charge in [-0.25, -0.2) is 4.39 Å². The van der Waals surface area contributed by atoms with Crippen LogP contribution in [0.2, 0.25) is 5.02 Å². The molecule has 21 heavy (non-hydrogen) atoms. The molecule has 0 heterocycles. The van der Waals surface area contributed by atoms with Crippen LogP contribution in [-0.2, 0) is 9.59 Å². The second-order valence-electron chi connectivity index (χ2n) is 4.32. The number of alkyl halides is 3. The molecule has 0 aliphatic heterocycles. The van der Waals surface area contributed by atoms with Crippen molar-refractivity contribution in [1.82, 2.24) is 0 Å². The van der Waals surface area contributed by atoms with Gasteiger partial charge in [0.1, 0.15) is 11.6 Å². The average molecular weight is 325 g/mol. The largest absolute Gasteiger partial charge is 0.450 e. The van der Waals surface area contributed by atoms with Gasteiger partial charge in [-0.2, -0.15) is 13.2 Å². The summed E-state index contributed by atoms with van der Waals surface area (Å²) in [6.45, 7) is 1.49. The van der Waals surface area contributed by atoms with Crippen LogP contribution in [-0.4, -0.2) is 23.5 Å². The first-order chi connectivity index (χ1) is 9.52. The van der Waals surface area contributed by atoms with Crippen LogP contribution in [0.1, 0.15) is 28.8 Å². The second-order valence-corrected chi connectivity index (χ2v) is 4.72. The van der Waals surface area contributed by atoms with Gasteiger partial charge in [0.15, 0.2) is 5.78 Å². The summed E-state index contributed by atoms with van der Waals surface area (Å²) in [7, 11) is 0. The molecule has 0 aliphatic carbocycles. The molecule has 0 radical (unpaired) electrons. The molecule has 3 nitrogen and oxygen atoms in total. The Balaban J connectivity index is 2.81. The summed E-state index contributed by atoms with van der Waals surface area (Å²) in [5.74, 6) is -5.46. The van der Waals surface area contributed by atoms with Crippen LogP contribution in [0.4, 0.5) is 17.6 Å². The molecule has 0 saturated carbocycles. The third kappa shape index (κ3) is 4.63. The molecule has 0 unspecified atom stereocenters. The molecule has 0 amide bonds. The lowest BCUT2D eigenvalue weighted by Gasteiger charge is -2.06. The van der Waals surface area contributed by atoms with E-state index >= 15 is 0 Å². The first kappa shape index (κ1) is 17.3. The van der Waals surface area contributed by atoms with E-state index in [1.54, 1.807) is 0 Å². The number of hydrogen-bond acceptors (Lipinski definition) is 3. The van der Waals surface area contributed by atoms with E-state index in [2.05, 4.69) is 0 Å². The highest BCUT2D eigenvalue weighted by Gasteiger charge is 2.39. The lowest BCUT2D eigenvalue weighted by molar-refractivity contribution is -0.171. The zero-order valence-electron chi connectivity index (χ0n) is 10.7. The minimum absolute atomic E-state index is 0.0719. The Morgan fingerprint density at radius 2 is 1.71 bits per heavy atom. The van der Waals surface area contributed by atoms with Crippen molar-refractivity contribution in [1.29, 1.82) is 0 Å². The molecule has 0 aliphatic rings. The van der Waals surface area contributed by atoms with Gasteiger partial charge in [-0.15, -0.1) is 0 Å². The molecule has 0 spiro atoms. The van der Waals surface area contributed by atoms with Gasteiger partial charge in [0.2, 0.25) is 5.78 Å². The van der Waals surface area contributed by atoms with Crippen LogP contribution in [0.3, 0.4) is 0 Å². The SMILES string of the molecule is Cc1cc(C(=O)CC(=O)CC(=O)C(F)(F)F)c(F)cc1Cl. The summed E-state index contributed by atoms with van der Waals surface area (Å²) < 4.78 is 49.4. The lowest BCUT2D eigenvalue weighted by atomic mass is 10.0. The maximum Gasteiger partial charge on any atom is 0.450 e. The summed E-state index contributed by atoms with van der Waals surface area (Å²) in [5, 5.41) is 0.0719. The number of halogens is 5. The highest BCUT2D eigenvalue weighted by molar-refractivity contribution is 6.31. The second kappa shape index (κ2) is 6.34. The average Bonchev–Trinajstić information content (AvgIpc) is 2.32. The first-order valence-electron chi connectivity index (χ1n) is 5.63. The third-order valence-electron chi connectivity index (χ3n) is 2.58. The van der Waals surface area contributed by atoms with Crippen molar-refractivity contribution in [3.8, 4) is 0 Å². The fourth-order valence-electron chi connectivity index (χ4n) is 1.49. The number of carbonyl (C=O) groups excluding carboxylic acids is 3. The van der Waals surface area contributed by atoms with Crippen molar-refractivity contribution in [2.24, 2.45) is 0 Å². The third-order valence-corrected chi connectivity index (χ3v) is 2.99. The number of benzene rings is 1. The summed E-state index contributed by atoms with van der Waals surface area (Å²) in [6, 6.07) is 1.97. The van der Waals surface area contributed by atoms with Crippen molar-refractivity contribution < 1.29 is 31.9 Å². The van der Waals surface area contributed by atoms with E-state index in [0.717, 1.165) is 12.1 Å². The number of Topliss-reactive ketones (excluding diaryl/α,β-unsaturated/α-hetero) is 3. The fourth-order valence-corrected chi connectivity index (χ4v) is 1.64. The predicted molar refractivity (Wildman–Crippen MR) is 65.8 cm³/mol. The van der Waals surface area contributed by atoms with E-state index in [4.69, 9.17) is 11.6 Å². The Morgan fingerprint density at radius 3 is 2.24 bits per heavy atom. The molecule has 0 bridgehead atoms. The van der Waals surface area contributed by atoms with E-state index in [1.807, 2.05) is 0 Å². The summed E-state index contributed by atoms with van der Waals surface area (Å²) in [6.07, 6.45) is -7.57. The molecule has 1 aromatic carbocycles. The zero-order valence-corrected chi connectivity index (χ0v) is 11.4. The number of ketones is 3.